The minimum Gasteiger partial charge on any atom is -0.496 e. The van der Waals surface area contributed by atoms with E-state index in [4.69, 9.17) is 4.74 Å². The van der Waals surface area contributed by atoms with E-state index in [0.717, 1.165) is 12.0 Å². The van der Waals surface area contributed by atoms with Gasteiger partial charge in [-0.3, -0.25) is 10.1 Å². The van der Waals surface area contributed by atoms with Crippen LogP contribution >= 0.6 is 0 Å². The van der Waals surface area contributed by atoms with Gasteiger partial charge >= 0.3 is 0 Å². The average Bonchev–Trinajstić information content (AvgIpc) is 2.94. The molecule has 0 bridgehead atoms. The molecule has 0 amide bonds. The summed E-state index contributed by atoms with van der Waals surface area (Å²) in [5, 5.41) is 14.8. The van der Waals surface area contributed by atoms with Crippen LogP contribution in [0.1, 0.15) is 31.7 Å². The number of nitro benzene ring substituents is 1. The van der Waals surface area contributed by atoms with Crippen molar-refractivity contribution in [2.45, 2.75) is 32.2 Å². The molecule has 0 radical (unpaired) electrons. The Balaban J connectivity index is 2.17. The summed E-state index contributed by atoms with van der Waals surface area (Å²) in [7, 11) is 1.54. The predicted octanol–water partition coefficient (Wildman–Crippen LogP) is 3.71. The first kappa shape index (κ1) is 13.9. The number of benzene rings is 1. The van der Waals surface area contributed by atoms with Gasteiger partial charge in [-0.1, -0.05) is 26.0 Å². The maximum absolute atomic E-state index is 11.4. The minimum absolute atomic E-state index is 0.105. The number of nitrogens with zero attached hydrogens (tertiary/aromatic N) is 1. The Hall–Kier alpha value is -2.04. The summed E-state index contributed by atoms with van der Waals surface area (Å²) in [5.74, 6) is 1.67. The highest BCUT2D eigenvalue weighted by molar-refractivity contribution is 5.72. The van der Waals surface area contributed by atoms with Crippen LogP contribution in [0.4, 0.5) is 11.4 Å². The van der Waals surface area contributed by atoms with E-state index in [-0.39, 0.29) is 22.6 Å². The molecule has 0 saturated carbocycles. The highest BCUT2D eigenvalue weighted by Gasteiger charge is 2.41. The molecule has 5 nitrogen and oxygen atoms in total. The molecule has 21 heavy (non-hydrogen) atoms. The van der Waals surface area contributed by atoms with Crippen molar-refractivity contribution in [1.82, 2.24) is 0 Å². The van der Waals surface area contributed by atoms with Crippen molar-refractivity contribution >= 4 is 11.4 Å². The third-order valence-electron chi connectivity index (χ3n) is 4.62. The largest absolute Gasteiger partial charge is 0.496 e. The lowest BCUT2D eigenvalue weighted by atomic mass is 9.75. The summed E-state index contributed by atoms with van der Waals surface area (Å²) in [4.78, 5) is 11.1. The van der Waals surface area contributed by atoms with Crippen molar-refractivity contribution < 1.29 is 9.66 Å². The summed E-state index contributed by atoms with van der Waals surface area (Å²) in [6.07, 6.45) is 5.39. The van der Waals surface area contributed by atoms with Gasteiger partial charge in [0.05, 0.1) is 18.1 Å². The van der Waals surface area contributed by atoms with Crippen molar-refractivity contribution in [3.63, 3.8) is 0 Å². The number of methoxy groups -OCH3 is 1. The fourth-order valence-electron chi connectivity index (χ4n) is 3.61. The van der Waals surface area contributed by atoms with Crippen LogP contribution in [-0.2, 0) is 0 Å². The molecule has 0 saturated heterocycles. The molecule has 112 valence electrons. The number of nitro groups is 1. The standard InChI is InChI=1S/C16H20N2O3/c1-9(2)15-12-6-4-5-11(12)13-7-10(21-3)8-14(18(19)20)16(13)17-15/h4-5,7-9,11-12,15,17H,6H2,1-3H3/t11-,12+,15-/m0/s1. The molecule has 1 heterocycles. The van der Waals surface area contributed by atoms with Gasteiger partial charge in [-0.15, -0.1) is 0 Å². The summed E-state index contributed by atoms with van der Waals surface area (Å²) in [6.45, 7) is 4.32. The number of nitrogens with one attached hydrogen (secondary N) is 1. The van der Waals surface area contributed by atoms with Gasteiger partial charge in [0.25, 0.3) is 5.69 Å². The van der Waals surface area contributed by atoms with E-state index < -0.39 is 0 Å². The van der Waals surface area contributed by atoms with Gasteiger partial charge in [-0.2, -0.15) is 0 Å². The molecule has 1 aromatic carbocycles. The van der Waals surface area contributed by atoms with Gasteiger partial charge < -0.3 is 10.1 Å². The zero-order valence-electron chi connectivity index (χ0n) is 12.5. The quantitative estimate of drug-likeness (QED) is 0.523. The van der Waals surface area contributed by atoms with Crippen LogP contribution in [0.25, 0.3) is 0 Å². The van der Waals surface area contributed by atoms with E-state index in [0.29, 0.717) is 23.3 Å². The monoisotopic (exact) mass is 288 g/mol. The first-order chi connectivity index (χ1) is 10.0. The first-order valence-corrected chi connectivity index (χ1v) is 7.32. The van der Waals surface area contributed by atoms with E-state index in [1.54, 1.807) is 7.11 Å². The normalized spacial score (nSPS) is 26.2. The van der Waals surface area contributed by atoms with Crippen LogP contribution in [0.15, 0.2) is 24.3 Å². The smallest absolute Gasteiger partial charge is 0.296 e. The Morgan fingerprint density at radius 1 is 1.43 bits per heavy atom. The third-order valence-corrected chi connectivity index (χ3v) is 4.62. The van der Waals surface area contributed by atoms with Crippen LogP contribution in [0, 0.1) is 22.0 Å². The van der Waals surface area contributed by atoms with Crippen molar-refractivity contribution in [3.05, 3.63) is 40.0 Å². The van der Waals surface area contributed by atoms with Crippen molar-refractivity contribution in [1.29, 1.82) is 0 Å². The molecule has 1 aliphatic heterocycles. The molecule has 3 rings (SSSR count). The predicted molar refractivity (Wildman–Crippen MR) is 81.9 cm³/mol. The van der Waals surface area contributed by atoms with E-state index in [1.165, 1.54) is 6.07 Å². The molecule has 1 N–H and O–H groups in total. The van der Waals surface area contributed by atoms with Crippen LogP contribution in [0.2, 0.25) is 0 Å². The number of rotatable bonds is 3. The maximum atomic E-state index is 11.4. The van der Waals surface area contributed by atoms with E-state index in [2.05, 4.69) is 31.3 Å². The molecule has 1 aliphatic carbocycles. The van der Waals surface area contributed by atoms with Crippen molar-refractivity contribution in [3.8, 4) is 5.75 Å². The van der Waals surface area contributed by atoms with Gasteiger partial charge in [0, 0.05) is 12.0 Å². The number of hydrogen-bond acceptors (Lipinski definition) is 4. The van der Waals surface area contributed by atoms with Gasteiger partial charge in [0.1, 0.15) is 11.4 Å². The van der Waals surface area contributed by atoms with E-state index in [9.17, 15) is 10.1 Å². The van der Waals surface area contributed by atoms with Crippen molar-refractivity contribution in [2.24, 2.45) is 11.8 Å². The Morgan fingerprint density at radius 3 is 2.81 bits per heavy atom. The minimum atomic E-state index is -0.329. The summed E-state index contributed by atoms with van der Waals surface area (Å²) < 4.78 is 5.24. The number of ether oxygens (including phenoxy) is 1. The maximum Gasteiger partial charge on any atom is 0.296 e. The molecule has 0 unspecified atom stereocenters. The van der Waals surface area contributed by atoms with Crippen LogP contribution in [-0.4, -0.2) is 18.1 Å². The SMILES string of the molecule is COc1cc2c(c([N+](=O)[O-])c1)N[C@@H](C(C)C)[C@@H]1CC=C[C@H]21. The zero-order valence-corrected chi connectivity index (χ0v) is 12.5. The Morgan fingerprint density at radius 2 is 2.19 bits per heavy atom. The molecule has 0 fully saturated rings. The average molecular weight is 288 g/mol. The number of anilines is 1. The topological polar surface area (TPSA) is 64.4 Å². The molecule has 1 aromatic rings. The fourth-order valence-corrected chi connectivity index (χ4v) is 3.61. The lowest BCUT2D eigenvalue weighted by Crippen LogP contribution is -2.39. The van der Waals surface area contributed by atoms with E-state index >= 15 is 0 Å². The van der Waals surface area contributed by atoms with Crippen LogP contribution in [0.3, 0.4) is 0 Å². The molecule has 0 spiro atoms. The zero-order chi connectivity index (χ0) is 15.1. The Kier molecular flexibility index (Phi) is 3.35. The fraction of sp³-hybridized carbons (Fsp3) is 0.500. The number of hydrogen-bond donors (Lipinski definition) is 1. The second kappa shape index (κ2) is 5.06. The second-order valence-electron chi connectivity index (χ2n) is 6.14. The van der Waals surface area contributed by atoms with E-state index in [1.807, 2.05) is 6.07 Å². The third kappa shape index (κ3) is 2.17. The Labute approximate surface area is 124 Å². The van der Waals surface area contributed by atoms with Gasteiger partial charge in [0.15, 0.2) is 0 Å². The number of fused-ring (bicyclic) bond motifs is 3. The lowest BCUT2D eigenvalue weighted by Gasteiger charge is -2.39. The van der Waals surface area contributed by atoms with Gasteiger partial charge in [-0.25, -0.2) is 0 Å². The highest BCUT2D eigenvalue weighted by atomic mass is 16.6. The summed E-state index contributed by atoms with van der Waals surface area (Å²) >= 11 is 0. The highest BCUT2D eigenvalue weighted by Crippen LogP contribution is 2.50. The van der Waals surface area contributed by atoms with Crippen molar-refractivity contribution in [2.75, 3.05) is 12.4 Å². The molecule has 5 heteroatoms. The lowest BCUT2D eigenvalue weighted by molar-refractivity contribution is -0.384. The van der Waals surface area contributed by atoms with Gasteiger partial charge in [0.2, 0.25) is 0 Å². The first-order valence-electron chi connectivity index (χ1n) is 7.32. The second-order valence-corrected chi connectivity index (χ2v) is 6.14. The summed E-state index contributed by atoms with van der Waals surface area (Å²) in [5.41, 5.74) is 1.75. The van der Waals surface area contributed by atoms with Crippen LogP contribution in [0.5, 0.6) is 5.75 Å². The number of allylic oxidation sites excluding steroid dienone is 2. The molecular formula is C16H20N2O3. The van der Waals surface area contributed by atoms with Crippen LogP contribution < -0.4 is 10.1 Å². The molecular weight excluding hydrogens is 268 g/mol. The molecule has 0 aromatic heterocycles. The van der Waals surface area contributed by atoms with Gasteiger partial charge in [-0.05, 0) is 29.9 Å². The summed E-state index contributed by atoms with van der Waals surface area (Å²) in [6, 6.07) is 3.69. The molecule has 3 atom stereocenters. The molecule has 2 aliphatic rings. The Bertz CT molecular complexity index is 610.